The summed E-state index contributed by atoms with van der Waals surface area (Å²) in [4.78, 5) is 24.4. The van der Waals surface area contributed by atoms with Crippen molar-refractivity contribution in [2.45, 2.75) is 32.6 Å². The van der Waals surface area contributed by atoms with E-state index in [1.165, 1.54) is 0 Å². The van der Waals surface area contributed by atoms with E-state index in [0.717, 1.165) is 44.5 Å². The number of benzene rings is 1. The number of nitrogens with one attached hydrogen (secondary N) is 3. The second-order valence-corrected chi connectivity index (χ2v) is 10.8. The lowest BCUT2D eigenvalue weighted by Gasteiger charge is -2.35. The number of rotatable bonds is 4. The molecule has 1 atom stereocenters. The van der Waals surface area contributed by atoms with Gasteiger partial charge in [-0.05, 0) is 56.7 Å². The van der Waals surface area contributed by atoms with E-state index in [-0.39, 0.29) is 5.91 Å². The first-order valence-electron chi connectivity index (χ1n) is 11.9. The molecule has 2 aliphatic rings. The predicted octanol–water partition coefficient (Wildman–Crippen LogP) is 2.75. The Balaban J connectivity index is 1.72. The van der Waals surface area contributed by atoms with Crippen LogP contribution in [0.5, 0.6) is 0 Å². The van der Waals surface area contributed by atoms with Crippen LogP contribution in [0.25, 0.3) is 0 Å². The highest BCUT2D eigenvalue weighted by Crippen LogP contribution is 2.31. The van der Waals surface area contributed by atoms with Gasteiger partial charge < -0.3 is 20.6 Å². The number of allylic oxidation sites excluding steroid dienone is 1. The first-order chi connectivity index (χ1) is 16.8. The molecule has 1 amide bonds. The van der Waals surface area contributed by atoms with Gasteiger partial charge in [0.15, 0.2) is 0 Å². The highest BCUT2D eigenvalue weighted by atomic mass is 32.2. The van der Waals surface area contributed by atoms with Crippen LogP contribution in [0.1, 0.15) is 41.7 Å². The second-order valence-electron chi connectivity index (χ2n) is 8.93. The summed E-state index contributed by atoms with van der Waals surface area (Å²) in [5.74, 6) is 0.554. The van der Waals surface area contributed by atoms with E-state index < -0.39 is 22.4 Å². The fraction of sp³-hybridized carbons (Fsp3) is 0.458. The number of nitrogens with zero attached hydrogens (tertiary/aromatic N) is 3. The van der Waals surface area contributed by atoms with Crippen molar-refractivity contribution in [3.63, 3.8) is 0 Å². The molecule has 35 heavy (non-hydrogen) atoms. The van der Waals surface area contributed by atoms with Gasteiger partial charge in [-0.2, -0.15) is 4.98 Å². The minimum absolute atomic E-state index is 0.331. The van der Waals surface area contributed by atoms with Gasteiger partial charge in [0.2, 0.25) is 16.0 Å². The highest BCUT2D eigenvalue weighted by molar-refractivity contribution is 7.92. The molecule has 0 radical (unpaired) electrons. The minimum atomic E-state index is -3.69. The summed E-state index contributed by atoms with van der Waals surface area (Å²) in [5.41, 5.74) is 2.17. The van der Waals surface area contributed by atoms with Gasteiger partial charge in [0.05, 0.1) is 29.3 Å². The van der Waals surface area contributed by atoms with E-state index in [2.05, 4.69) is 42.4 Å². The number of amides is 1. The molecule has 0 spiro atoms. The van der Waals surface area contributed by atoms with Crippen molar-refractivity contribution in [1.29, 1.82) is 0 Å². The molecule has 2 aliphatic heterocycles. The van der Waals surface area contributed by atoms with E-state index in [9.17, 15) is 13.2 Å². The number of sulfonamides is 1. The van der Waals surface area contributed by atoms with Crippen LogP contribution in [-0.2, 0) is 10.0 Å². The summed E-state index contributed by atoms with van der Waals surface area (Å²) in [6.45, 7) is 3.61. The standard InChI is InChI=1S/C24H32N6O4S/c1-17-14-22-27-23(32)20-9-8-19(29-35(33,34)13-12-31)15-21(20)30-11-5-7-18(16-30)6-3-2-4-10-25-24(26-17)28-22/h2-3,8-9,14-15,18,29,31H,4-7,10-13,16H2,1H3,(H2,25,26,27,28,32)/b3-2-. The topological polar surface area (TPSA) is 137 Å². The smallest absolute Gasteiger partial charge is 0.258 e. The third-order valence-electron chi connectivity index (χ3n) is 6.06. The van der Waals surface area contributed by atoms with Crippen LogP contribution in [0, 0.1) is 12.8 Å². The molecule has 4 rings (SSSR count). The van der Waals surface area contributed by atoms with Crippen molar-refractivity contribution in [2.24, 2.45) is 5.92 Å². The Hall–Kier alpha value is -3.18. The summed E-state index contributed by atoms with van der Waals surface area (Å²) < 4.78 is 27.0. The van der Waals surface area contributed by atoms with Crippen LogP contribution in [0.15, 0.2) is 36.4 Å². The number of carbonyl (C=O) groups is 1. The summed E-state index contributed by atoms with van der Waals surface area (Å²) in [5, 5.41) is 15.1. The van der Waals surface area contributed by atoms with Crippen LogP contribution in [0.3, 0.4) is 0 Å². The van der Waals surface area contributed by atoms with Crippen LogP contribution in [0.2, 0.25) is 0 Å². The van der Waals surface area contributed by atoms with Crippen molar-refractivity contribution < 1.29 is 18.3 Å². The first kappa shape index (κ1) is 24.9. The van der Waals surface area contributed by atoms with Crippen molar-refractivity contribution in [3.05, 3.63) is 47.7 Å². The van der Waals surface area contributed by atoms with E-state index in [1.807, 2.05) is 6.92 Å². The first-order valence-corrected chi connectivity index (χ1v) is 13.5. The molecule has 1 unspecified atom stereocenters. The van der Waals surface area contributed by atoms with Gasteiger partial charge in [-0.25, -0.2) is 13.4 Å². The van der Waals surface area contributed by atoms with Crippen molar-refractivity contribution in [3.8, 4) is 0 Å². The maximum absolute atomic E-state index is 13.4. The Bertz CT molecular complexity index is 1200. The van der Waals surface area contributed by atoms with Crippen LogP contribution in [0.4, 0.5) is 23.1 Å². The zero-order chi connectivity index (χ0) is 24.8. The number of aliphatic hydroxyl groups excluding tert-OH is 1. The summed E-state index contributed by atoms with van der Waals surface area (Å²) in [6, 6.07) is 6.60. The van der Waals surface area contributed by atoms with Gasteiger partial charge in [-0.15, -0.1) is 0 Å². The Kier molecular flexibility index (Phi) is 7.86. The average molecular weight is 501 g/mol. The molecule has 3 heterocycles. The van der Waals surface area contributed by atoms with Crippen LogP contribution < -0.4 is 20.3 Å². The molecule has 0 aliphatic carbocycles. The molecule has 2 aromatic rings. The van der Waals surface area contributed by atoms with Crippen molar-refractivity contribution in [1.82, 2.24) is 9.97 Å². The maximum atomic E-state index is 13.4. The summed E-state index contributed by atoms with van der Waals surface area (Å²) in [6.07, 6.45) is 8.23. The molecule has 1 aromatic carbocycles. The largest absolute Gasteiger partial charge is 0.395 e. The molecule has 188 valence electrons. The molecular formula is C24H32N6O4S. The SMILES string of the molecule is Cc1cc2nc(n1)NCC/C=C\CC1CCCN(C1)c1cc(NS(=O)(=O)CCO)ccc1C(=O)N2. The number of carbonyl (C=O) groups excluding carboxylic acids is 1. The lowest BCUT2D eigenvalue weighted by atomic mass is 9.93. The van der Waals surface area contributed by atoms with Crippen molar-refractivity contribution >= 4 is 39.1 Å². The van der Waals surface area contributed by atoms with Crippen molar-refractivity contribution in [2.75, 3.05) is 52.2 Å². The third kappa shape index (κ3) is 6.70. The summed E-state index contributed by atoms with van der Waals surface area (Å²) in [7, 11) is -3.69. The molecule has 1 aromatic heterocycles. The molecule has 1 fully saturated rings. The molecule has 1 saturated heterocycles. The van der Waals surface area contributed by atoms with Gasteiger partial charge in [-0.3, -0.25) is 9.52 Å². The number of aliphatic hydroxyl groups is 1. The molecule has 4 bridgehead atoms. The maximum Gasteiger partial charge on any atom is 0.258 e. The van der Waals surface area contributed by atoms with E-state index in [0.29, 0.717) is 41.2 Å². The predicted molar refractivity (Wildman–Crippen MR) is 137 cm³/mol. The molecule has 4 N–H and O–H groups in total. The molecule has 0 saturated carbocycles. The normalized spacial score (nSPS) is 19.8. The van der Waals surface area contributed by atoms with E-state index in [1.54, 1.807) is 24.3 Å². The number of hydrogen-bond donors (Lipinski definition) is 4. The monoisotopic (exact) mass is 500 g/mol. The Morgan fingerprint density at radius 1 is 1.23 bits per heavy atom. The number of aryl methyl sites for hydroxylation is 1. The van der Waals surface area contributed by atoms with E-state index >= 15 is 0 Å². The van der Waals surface area contributed by atoms with Gasteiger partial charge in [0.25, 0.3) is 5.91 Å². The number of piperidine rings is 1. The fourth-order valence-electron chi connectivity index (χ4n) is 4.44. The van der Waals surface area contributed by atoms with Crippen LogP contribution >= 0.6 is 0 Å². The summed E-state index contributed by atoms with van der Waals surface area (Å²) >= 11 is 0. The molecule has 10 nitrogen and oxygen atoms in total. The fourth-order valence-corrected chi connectivity index (χ4v) is 5.27. The highest BCUT2D eigenvalue weighted by Gasteiger charge is 2.25. The zero-order valence-corrected chi connectivity index (χ0v) is 20.6. The number of fused-ring (bicyclic) bond motifs is 6. The van der Waals surface area contributed by atoms with Gasteiger partial charge in [0, 0.05) is 31.4 Å². The van der Waals surface area contributed by atoms with Gasteiger partial charge in [0.1, 0.15) is 5.82 Å². The van der Waals surface area contributed by atoms with Crippen LogP contribution in [-0.4, -0.2) is 61.4 Å². The molecule has 11 heteroatoms. The second kappa shape index (κ2) is 11.0. The Morgan fingerprint density at radius 2 is 2.09 bits per heavy atom. The minimum Gasteiger partial charge on any atom is -0.395 e. The molecular weight excluding hydrogens is 468 g/mol. The van der Waals surface area contributed by atoms with Gasteiger partial charge >= 0.3 is 0 Å². The quantitative estimate of drug-likeness (QED) is 0.471. The van der Waals surface area contributed by atoms with Gasteiger partial charge in [-0.1, -0.05) is 12.2 Å². The Labute approximate surface area is 205 Å². The number of aromatic nitrogens is 2. The number of anilines is 4. The average Bonchev–Trinajstić information content (AvgIpc) is 2.80. The lowest BCUT2D eigenvalue weighted by molar-refractivity contribution is 0.102. The lowest BCUT2D eigenvalue weighted by Crippen LogP contribution is -2.36. The Morgan fingerprint density at radius 3 is 2.91 bits per heavy atom. The third-order valence-corrected chi connectivity index (χ3v) is 7.33. The number of hydrogen-bond acceptors (Lipinski definition) is 8. The van der Waals surface area contributed by atoms with E-state index in [4.69, 9.17) is 5.11 Å². The zero-order valence-electron chi connectivity index (χ0n) is 19.8.